The molecule has 1 amide bonds. The van der Waals surface area contributed by atoms with Crippen molar-refractivity contribution in [1.29, 1.82) is 0 Å². The van der Waals surface area contributed by atoms with Crippen LogP contribution in [0.5, 0.6) is 5.75 Å². The number of hydrogen-bond donors (Lipinski definition) is 1. The van der Waals surface area contributed by atoms with Crippen molar-refractivity contribution in [3.05, 3.63) is 29.8 Å². The van der Waals surface area contributed by atoms with Crippen LogP contribution in [-0.2, 0) is 9.53 Å². The van der Waals surface area contributed by atoms with Crippen LogP contribution in [0.3, 0.4) is 0 Å². The standard InChI is InChI=1S/C17H26N2O3/c1-13(15-8-4-5-9-16(15)21-3)19(2)12-17(20)18-11-14-7-6-10-22-14/h4-5,8-9,13-14H,6-7,10-12H2,1-3H3,(H,18,20)/t13-,14-/m0/s1. The van der Waals surface area contributed by atoms with E-state index < -0.39 is 0 Å². The lowest BCUT2D eigenvalue weighted by atomic mass is 10.1. The Morgan fingerprint density at radius 2 is 2.27 bits per heavy atom. The van der Waals surface area contributed by atoms with Crippen molar-refractivity contribution in [2.45, 2.75) is 31.9 Å². The summed E-state index contributed by atoms with van der Waals surface area (Å²) in [5, 5.41) is 2.95. The maximum Gasteiger partial charge on any atom is 0.234 e. The Bertz CT molecular complexity index is 487. The molecule has 1 N–H and O–H groups in total. The molecule has 122 valence electrons. The molecule has 1 aromatic rings. The molecule has 1 aliphatic rings. The number of benzene rings is 1. The van der Waals surface area contributed by atoms with Gasteiger partial charge in [0.2, 0.25) is 5.91 Å². The highest BCUT2D eigenvalue weighted by Gasteiger charge is 2.20. The topological polar surface area (TPSA) is 50.8 Å². The number of nitrogens with one attached hydrogen (secondary N) is 1. The highest BCUT2D eigenvalue weighted by molar-refractivity contribution is 5.78. The first-order chi connectivity index (χ1) is 10.6. The van der Waals surface area contributed by atoms with Crippen LogP contribution in [0, 0.1) is 0 Å². The molecule has 0 spiro atoms. The van der Waals surface area contributed by atoms with Gasteiger partial charge in [0, 0.05) is 24.8 Å². The molecule has 5 nitrogen and oxygen atoms in total. The predicted molar refractivity (Wildman–Crippen MR) is 86.0 cm³/mol. The molecule has 1 fully saturated rings. The number of para-hydroxylation sites is 1. The Morgan fingerprint density at radius 1 is 1.50 bits per heavy atom. The number of rotatable bonds is 7. The number of carbonyl (C=O) groups excluding carboxylic acids is 1. The Morgan fingerprint density at radius 3 is 2.95 bits per heavy atom. The zero-order chi connectivity index (χ0) is 15.9. The Balaban J connectivity index is 1.84. The van der Waals surface area contributed by atoms with Crippen LogP contribution >= 0.6 is 0 Å². The van der Waals surface area contributed by atoms with Crippen LogP contribution in [-0.4, -0.2) is 50.8 Å². The quantitative estimate of drug-likeness (QED) is 0.837. The number of ether oxygens (including phenoxy) is 2. The highest BCUT2D eigenvalue weighted by atomic mass is 16.5. The van der Waals surface area contributed by atoms with Gasteiger partial charge >= 0.3 is 0 Å². The molecule has 1 heterocycles. The summed E-state index contributed by atoms with van der Waals surface area (Å²) in [5.74, 6) is 0.876. The van der Waals surface area contributed by atoms with E-state index in [0.717, 1.165) is 30.8 Å². The molecule has 2 atom stereocenters. The summed E-state index contributed by atoms with van der Waals surface area (Å²) in [5.41, 5.74) is 1.08. The molecule has 0 aromatic heterocycles. The van der Waals surface area contributed by atoms with Crippen LogP contribution in [0.25, 0.3) is 0 Å². The lowest BCUT2D eigenvalue weighted by Gasteiger charge is -2.26. The van der Waals surface area contributed by atoms with E-state index in [1.807, 2.05) is 36.2 Å². The maximum absolute atomic E-state index is 12.1. The number of nitrogens with zero attached hydrogens (tertiary/aromatic N) is 1. The molecule has 0 saturated carbocycles. The minimum Gasteiger partial charge on any atom is -0.496 e. The van der Waals surface area contributed by atoms with Crippen molar-refractivity contribution in [3.63, 3.8) is 0 Å². The van der Waals surface area contributed by atoms with E-state index in [2.05, 4.69) is 12.2 Å². The van der Waals surface area contributed by atoms with E-state index in [4.69, 9.17) is 9.47 Å². The lowest BCUT2D eigenvalue weighted by Crippen LogP contribution is -2.39. The first-order valence-corrected chi connectivity index (χ1v) is 7.83. The summed E-state index contributed by atoms with van der Waals surface area (Å²) in [4.78, 5) is 14.1. The fourth-order valence-corrected chi connectivity index (χ4v) is 2.70. The van der Waals surface area contributed by atoms with E-state index >= 15 is 0 Å². The SMILES string of the molecule is COc1ccccc1[C@H](C)N(C)CC(=O)NC[C@@H]1CCCO1. The van der Waals surface area contributed by atoms with Gasteiger partial charge in [-0.05, 0) is 32.9 Å². The van der Waals surface area contributed by atoms with E-state index in [-0.39, 0.29) is 18.1 Å². The molecule has 0 unspecified atom stereocenters. The van der Waals surface area contributed by atoms with Crippen molar-refractivity contribution in [2.75, 3.05) is 33.9 Å². The van der Waals surface area contributed by atoms with Crippen molar-refractivity contribution < 1.29 is 14.3 Å². The second-order valence-electron chi connectivity index (χ2n) is 5.77. The molecular weight excluding hydrogens is 280 g/mol. The minimum atomic E-state index is 0.0275. The second-order valence-corrected chi connectivity index (χ2v) is 5.77. The molecule has 0 radical (unpaired) electrons. The average molecular weight is 306 g/mol. The Labute approximate surface area is 132 Å². The summed E-state index contributed by atoms with van der Waals surface area (Å²) < 4.78 is 10.9. The Hall–Kier alpha value is -1.59. The van der Waals surface area contributed by atoms with Crippen molar-refractivity contribution >= 4 is 5.91 Å². The van der Waals surface area contributed by atoms with Gasteiger partial charge < -0.3 is 14.8 Å². The first kappa shape index (κ1) is 16.8. The van der Waals surface area contributed by atoms with Crippen molar-refractivity contribution in [1.82, 2.24) is 10.2 Å². The minimum absolute atomic E-state index is 0.0275. The normalized spacial score (nSPS) is 19.2. The third-order valence-corrected chi connectivity index (χ3v) is 4.19. The van der Waals surface area contributed by atoms with Crippen molar-refractivity contribution in [2.24, 2.45) is 0 Å². The van der Waals surface area contributed by atoms with E-state index in [1.165, 1.54) is 0 Å². The molecule has 0 aliphatic carbocycles. The van der Waals surface area contributed by atoms with Crippen LogP contribution in [0.1, 0.15) is 31.4 Å². The summed E-state index contributed by atoms with van der Waals surface area (Å²) in [6, 6.07) is 8.01. The summed E-state index contributed by atoms with van der Waals surface area (Å²) >= 11 is 0. The number of methoxy groups -OCH3 is 1. The molecule has 1 saturated heterocycles. The van der Waals surface area contributed by atoms with Gasteiger partial charge in [-0.3, -0.25) is 9.69 Å². The van der Waals surface area contributed by atoms with Gasteiger partial charge in [-0.15, -0.1) is 0 Å². The molecule has 22 heavy (non-hydrogen) atoms. The van der Waals surface area contributed by atoms with E-state index in [0.29, 0.717) is 13.1 Å². The van der Waals surface area contributed by atoms with E-state index in [9.17, 15) is 4.79 Å². The number of likely N-dealkylation sites (N-methyl/N-ethyl adjacent to an activating group) is 1. The predicted octanol–water partition coefficient (Wildman–Crippen LogP) is 1.98. The lowest BCUT2D eigenvalue weighted by molar-refractivity contribution is -0.122. The number of hydrogen-bond acceptors (Lipinski definition) is 4. The molecule has 5 heteroatoms. The van der Waals surface area contributed by atoms with Crippen LogP contribution in [0.15, 0.2) is 24.3 Å². The van der Waals surface area contributed by atoms with Gasteiger partial charge in [0.25, 0.3) is 0 Å². The van der Waals surface area contributed by atoms with Crippen LogP contribution < -0.4 is 10.1 Å². The Kier molecular flexibility index (Phi) is 6.21. The van der Waals surface area contributed by atoms with Gasteiger partial charge in [-0.25, -0.2) is 0 Å². The molecule has 1 aromatic carbocycles. The molecule has 0 bridgehead atoms. The third kappa shape index (κ3) is 4.45. The van der Waals surface area contributed by atoms with E-state index in [1.54, 1.807) is 7.11 Å². The second kappa shape index (κ2) is 8.15. The molecule has 2 rings (SSSR count). The third-order valence-electron chi connectivity index (χ3n) is 4.19. The number of amides is 1. The van der Waals surface area contributed by atoms with Gasteiger partial charge in [0.15, 0.2) is 0 Å². The first-order valence-electron chi connectivity index (χ1n) is 7.83. The highest BCUT2D eigenvalue weighted by Crippen LogP contribution is 2.27. The van der Waals surface area contributed by atoms with Gasteiger partial charge in [0.05, 0.1) is 19.8 Å². The maximum atomic E-state index is 12.1. The summed E-state index contributed by atoms with van der Waals surface area (Å²) in [6.45, 7) is 3.85. The monoisotopic (exact) mass is 306 g/mol. The molecule has 1 aliphatic heterocycles. The fraction of sp³-hybridized carbons (Fsp3) is 0.588. The van der Waals surface area contributed by atoms with Gasteiger partial charge in [0.1, 0.15) is 5.75 Å². The van der Waals surface area contributed by atoms with Crippen LogP contribution in [0.4, 0.5) is 0 Å². The zero-order valence-corrected chi connectivity index (χ0v) is 13.7. The van der Waals surface area contributed by atoms with Crippen LogP contribution in [0.2, 0.25) is 0 Å². The number of carbonyl (C=O) groups is 1. The fourth-order valence-electron chi connectivity index (χ4n) is 2.70. The summed E-state index contributed by atoms with van der Waals surface area (Å²) in [6.07, 6.45) is 2.31. The van der Waals surface area contributed by atoms with Gasteiger partial charge in [-0.1, -0.05) is 18.2 Å². The van der Waals surface area contributed by atoms with Gasteiger partial charge in [-0.2, -0.15) is 0 Å². The smallest absolute Gasteiger partial charge is 0.234 e. The zero-order valence-electron chi connectivity index (χ0n) is 13.7. The largest absolute Gasteiger partial charge is 0.496 e. The average Bonchev–Trinajstić information content (AvgIpc) is 3.05. The summed E-state index contributed by atoms with van der Waals surface area (Å²) in [7, 11) is 3.61. The molecular formula is C17H26N2O3. The van der Waals surface area contributed by atoms with Crippen molar-refractivity contribution in [3.8, 4) is 5.75 Å².